The van der Waals surface area contributed by atoms with E-state index in [2.05, 4.69) is 11.4 Å². The van der Waals surface area contributed by atoms with Crippen LogP contribution in [0.5, 0.6) is 5.75 Å². The first-order valence-electron chi connectivity index (χ1n) is 5.79. The van der Waals surface area contributed by atoms with E-state index in [1.165, 1.54) is 0 Å². The second-order valence-electron chi connectivity index (χ2n) is 4.00. The van der Waals surface area contributed by atoms with Crippen LogP contribution in [0.3, 0.4) is 0 Å². The fourth-order valence-corrected chi connectivity index (χ4v) is 1.91. The molecule has 2 rings (SSSR count). The number of hydrogen-bond donors (Lipinski definition) is 1. The summed E-state index contributed by atoms with van der Waals surface area (Å²) in [6.07, 6.45) is 0. The molecule has 0 aliphatic carbocycles. The van der Waals surface area contributed by atoms with Gasteiger partial charge >= 0.3 is 0 Å². The highest BCUT2D eigenvalue weighted by atomic mass is 35.5. The van der Waals surface area contributed by atoms with E-state index in [1.807, 2.05) is 30.3 Å². The number of nitrogens with one attached hydrogen (secondary N) is 1. The number of rotatable bonds is 4. The number of benzene rings is 2. The summed E-state index contributed by atoms with van der Waals surface area (Å²) in [7, 11) is 1.64. The number of methoxy groups -OCH3 is 1. The van der Waals surface area contributed by atoms with Crippen LogP contribution in [0.25, 0.3) is 0 Å². The van der Waals surface area contributed by atoms with Crippen LogP contribution in [0.2, 0.25) is 5.02 Å². The number of ether oxygens (including phenoxy) is 1. The Morgan fingerprint density at radius 1 is 1.21 bits per heavy atom. The summed E-state index contributed by atoms with van der Waals surface area (Å²) in [6.45, 7) is 0.608. The average Bonchev–Trinajstić information content (AvgIpc) is 2.46. The van der Waals surface area contributed by atoms with Crippen LogP contribution in [0, 0.1) is 11.3 Å². The molecule has 0 amide bonds. The van der Waals surface area contributed by atoms with E-state index in [0.29, 0.717) is 17.1 Å². The largest absolute Gasteiger partial charge is 0.497 e. The Morgan fingerprint density at radius 3 is 2.53 bits per heavy atom. The molecule has 0 spiro atoms. The lowest BCUT2D eigenvalue weighted by atomic mass is 10.1. The lowest BCUT2D eigenvalue weighted by Gasteiger charge is -2.09. The maximum atomic E-state index is 8.77. The Morgan fingerprint density at radius 2 is 1.95 bits per heavy atom. The normalized spacial score (nSPS) is 9.74. The van der Waals surface area contributed by atoms with Crippen molar-refractivity contribution in [1.29, 1.82) is 5.26 Å². The molecule has 2 aromatic carbocycles. The van der Waals surface area contributed by atoms with Gasteiger partial charge in [0.15, 0.2) is 0 Å². The summed E-state index contributed by atoms with van der Waals surface area (Å²) in [5.41, 5.74) is 2.51. The second-order valence-corrected chi connectivity index (χ2v) is 4.41. The average molecular weight is 273 g/mol. The van der Waals surface area contributed by atoms with Crippen molar-refractivity contribution in [2.24, 2.45) is 0 Å². The van der Waals surface area contributed by atoms with Gasteiger partial charge in [-0.3, -0.25) is 0 Å². The van der Waals surface area contributed by atoms with Crippen LogP contribution in [-0.4, -0.2) is 7.11 Å². The third-order valence-electron chi connectivity index (χ3n) is 2.76. The minimum Gasteiger partial charge on any atom is -0.497 e. The SMILES string of the molecule is COc1ccc(NCc2ccc(C#N)cc2Cl)cc1. The zero-order valence-corrected chi connectivity index (χ0v) is 11.2. The Labute approximate surface area is 117 Å². The molecule has 0 radical (unpaired) electrons. The molecule has 0 saturated carbocycles. The molecule has 1 N–H and O–H groups in total. The molecule has 0 unspecified atom stereocenters. The Bertz CT molecular complexity index is 603. The maximum Gasteiger partial charge on any atom is 0.119 e. The van der Waals surface area contributed by atoms with E-state index in [0.717, 1.165) is 17.0 Å². The molecule has 0 saturated heterocycles. The van der Waals surface area contributed by atoms with Gasteiger partial charge in [-0.15, -0.1) is 0 Å². The highest BCUT2D eigenvalue weighted by molar-refractivity contribution is 6.31. The molecule has 19 heavy (non-hydrogen) atoms. The van der Waals surface area contributed by atoms with Crippen LogP contribution >= 0.6 is 11.6 Å². The van der Waals surface area contributed by atoms with Crippen LogP contribution in [0.1, 0.15) is 11.1 Å². The van der Waals surface area contributed by atoms with E-state index in [1.54, 1.807) is 19.2 Å². The number of nitrogens with zero attached hydrogens (tertiary/aromatic N) is 1. The monoisotopic (exact) mass is 272 g/mol. The van der Waals surface area contributed by atoms with Gasteiger partial charge in [-0.1, -0.05) is 17.7 Å². The molecular formula is C15H13ClN2O. The van der Waals surface area contributed by atoms with Gasteiger partial charge < -0.3 is 10.1 Å². The summed E-state index contributed by atoms with van der Waals surface area (Å²) >= 11 is 6.11. The quantitative estimate of drug-likeness (QED) is 0.920. The second kappa shape index (κ2) is 6.12. The molecule has 0 aliphatic rings. The molecule has 0 heterocycles. The highest BCUT2D eigenvalue weighted by Crippen LogP contribution is 2.20. The van der Waals surface area contributed by atoms with Crippen molar-refractivity contribution in [2.45, 2.75) is 6.54 Å². The van der Waals surface area contributed by atoms with Crippen LogP contribution in [-0.2, 0) is 6.54 Å². The van der Waals surface area contributed by atoms with Gasteiger partial charge in [0.1, 0.15) is 5.75 Å². The Hall–Kier alpha value is -2.18. The highest BCUT2D eigenvalue weighted by Gasteiger charge is 2.02. The van der Waals surface area contributed by atoms with Crippen molar-refractivity contribution in [3.8, 4) is 11.8 Å². The summed E-state index contributed by atoms with van der Waals surface area (Å²) < 4.78 is 5.10. The maximum absolute atomic E-state index is 8.77. The molecule has 0 bridgehead atoms. The first-order chi connectivity index (χ1) is 9.22. The van der Waals surface area contributed by atoms with Gasteiger partial charge in [0, 0.05) is 17.3 Å². The Kier molecular flexibility index (Phi) is 4.27. The van der Waals surface area contributed by atoms with Gasteiger partial charge in [-0.2, -0.15) is 5.26 Å². The molecule has 2 aromatic rings. The van der Waals surface area contributed by atoms with Gasteiger partial charge in [0.2, 0.25) is 0 Å². The summed E-state index contributed by atoms with van der Waals surface area (Å²) in [6, 6.07) is 15.0. The molecule has 3 nitrogen and oxygen atoms in total. The summed E-state index contributed by atoms with van der Waals surface area (Å²) in [4.78, 5) is 0. The zero-order valence-electron chi connectivity index (χ0n) is 10.5. The number of nitriles is 1. The third kappa shape index (κ3) is 3.40. The fraction of sp³-hybridized carbons (Fsp3) is 0.133. The van der Waals surface area contributed by atoms with Gasteiger partial charge in [-0.05, 0) is 42.0 Å². The van der Waals surface area contributed by atoms with Gasteiger partial charge in [0.25, 0.3) is 0 Å². The smallest absolute Gasteiger partial charge is 0.119 e. The minimum absolute atomic E-state index is 0.568. The van der Waals surface area contributed by atoms with Gasteiger partial charge in [0.05, 0.1) is 18.7 Å². The number of hydrogen-bond acceptors (Lipinski definition) is 3. The molecular weight excluding hydrogens is 260 g/mol. The first kappa shape index (κ1) is 13.3. The van der Waals surface area contributed by atoms with Crippen LogP contribution in [0.15, 0.2) is 42.5 Å². The predicted molar refractivity (Wildman–Crippen MR) is 76.5 cm³/mol. The van der Waals surface area contributed by atoms with Crippen molar-refractivity contribution < 1.29 is 4.74 Å². The van der Waals surface area contributed by atoms with Crippen molar-refractivity contribution in [1.82, 2.24) is 0 Å². The lowest BCUT2D eigenvalue weighted by molar-refractivity contribution is 0.415. The third-order valence-corrected chi connectivity index (χ3v) is 3.11. The fourth-order valence-electron chi connectivity index (χ4n) is 1.67. The van der Waals surface area contributed by atoms with Crippen molar-refractivity contribution in [2.75, 3.05) is 12.4 Å². The van der Waals surface area contributed by atoms with E-state index in [9.17, 15) is 0 Å². The van der Waals surface area contributed by atoms with E-state index in [4.69, 9.17) is 21.6 Å². The molecule has 0 aliphatic heterocycles. The molecule has 0 atom stereocenters. The molecule has 96 valence electrons. The van der Waals surface area contributed by atoms with Crippen molar-refractivity contribution >= 4 is 17.3 Å². The molecule has 0 aromatic heterocycles. The summed E-state index contributed by atoms with van der Waals surface area (Å²) in [5, 5.41) is 12.6. The number of anilines is 1. The lowest BCUT2D eigenvalue weighted by Crippen LogP contribution is -2.00. The Balaban J connectivity index is 2.04. The zero-order chi connectivity index (χ0) is 13.7. The van der Waals surface area contributed by atoms with Gasteiger partial charge in [-0.25, -0.2) is 0 Å². The topological polar surface area (TPSA) is 45.0 Å². The van der Waals surface area contributed by atoms with Crippen molar-refractivity contribution in [3.05, 3.63) is 58.6 Å². The van der Waals surface area contributed by atoms with Crippen LogP contribution in [0.4, 0.5) is 5.69 Å². The summed E-state index contributed by atoms with van der Waals surface area (Å²) in [5.74, 6) is 0.821. The first-order valence-corrected chi connectivity index (χ1v) is 6.17. The van der Waals surface area contributed by atoms with E-state index >= 15 is 0 Å². The predicted octanol–water partition coefficient (Wildman–Crippen LogP) is 3.83. The van der Waals surface area contributed by atoms with Crippen LogP contribution < -0.4 is 10.1 Å². The minimum atomic E-state index is 0.568. The molecule has 0 fully saturated rings. The molecule has 4 heteroatoms. The van der Waals surface area contributed by atoms with E-state index in [-0.39, 0.29) is 0 Å². The van der Waals surface area contributed by atoms with E-state index < -0.39 is 0 Å². The van der Waals surface area contributed by atoms with Crippen molar-refractivity contribution in [3.63, 3.8) is 0 Å². The number of halogens is 1. The standard InChI is InChI=1S/C15H13ClN2O/c1-19-14-6-4-13(5-7-14)18-10-12-3-2-11(9-17)8-15(12)16/h2-8,18H,10H2,1H3.